The Bertz CT molecular complexity index is 373. The molecule has 0 aromatic carbocycles. The van der Waals surface area contributed by atoms with E-state index in [1.54, 1.807) is 11.8 Å². The highest BCUT2D eigenvalue weighted by molar-refractivity contribution is 8.01. The van der Waals surface area contributed by atoms with Gasteiger partial charge in [0.05, 0.1) is 12.4 Å². The first-order valence-electron chi connectivity index (χ1n) is 5.39. The number of thioether (sulfide) groups is 1. The van der Waals surface area contributed by atoms with Crippen molar-refractivity contribution in [1.82, 2.24) is 15.2 Å². The minimum absolute atomic E-state index is 0.0647. The molecule has 0 unspecified atom stereocenters. The van der Waals surface area contributed by atoms with Crippen LogP contribution >= 0.6 is 11.8 Å². The number of anilines is 1. The zero-order valence-corrected chi connectivity index (χ0v) is 11.3. The number of rotatable bonds is 5. The topological polar surface area (TPSA) is 79.9 Å². The van der Waals surface area contributed by atoms with Gasteiger partial charge in [0.25, 0.3) is 0 Å². The maximum Gasteiger partial charge on any atom is 0.337 e. The molecule has 0 atom stereocenters. The van der Waals surface area contributed by atoms with Crippen LogP contribution in [0.5, 0.6) is 6.01 Å². The Morgan fingerprint density at radius 1 is 1.53 bits per heavy atom. The second-order valence-corrected chi connectivity index (χ2v) is 6.15. The van der Waals surface area contributed by atoms with Crippen molar-refractivity contribution in [2.45, 2.75) is 32.4 Å². The molecule has 0 aliphatic heterocycles. The van der Waals surface area contributed by atoms with E-state index in [1.807, 2.05) is 6.92 Å². The maximum atomic E-state index is 11.6. The van der Waals surface area contributed by atoms with Crippen LogP contribution in [0.3, 0.4) is 0 Å². The summed E-state index contributed by atoms with van der Waals surface area (Å²) in [6.45, 7) is 8.52. The molecule has 6 nitrogen and oxygen atoms in total. The van der Waals surface area contributed by atoms with E-state index in [1.165, 1.54) is 0 Å². The fourth-order valence-corrected chi connectivity index (χ4v) is 1.58. The van der Waals surface area contributed by atoms with E-state index < -0.39 is 0 Å². The van der Waals surface area contributed by atoms with Gasteiger partial charge in [-0.3, -0.25) is 10.1 Å². The monoisotopic (exact) mass is 258 g/mol. The van der Waals surface area contributed by atoms with Gasteiger partial charge in [-0.05, 0) is 6.92 Å². The van der Waals surface area contributed by atoms with Crippen LogP contribution in [0.15, 0.2) is 0 Å². The Hall–Kier alpha value is -1.24. The van der Waals surface area contributed by atoms with E-state index in [9.17, 15) is 4.79 Å². The minimum Gasteiger partial charge on any atom is -0.463 e. The van der Waals surface area contributed by atoms with Crippen LogP contribution in [0, 0.1) is 0 Å². The zero-order chi connectivity index (χ0) is 12.9. The molecule has 2 N–H and O–H groups in total. The van der Waals surface area contributed by atoms with Gasteiger partial charge in [0.1, 0.15) is 0 Å². The standard InChI is InChI=1S/C10H18N4O2S/c1-5-16-9-12-8(13-14-9)11-7(15)6-17-10(2,3)4/h5-6H2,1-4H3,(H2,11,12,13,14,15). The van der Waals surface area contributed by atoms with Crippen LogP contribution in [-0.4, -0.2) is 38.2 Å². The predicted octanol–water partition coefficient (Wildman–Crippen LogP) is 1.67. The summed E-state index contributed by atoms with van der Waals surface area (Å²) in [5.74, 6) is 0.589. The van der Waals surface area contributed by atoms with Crippen molar-refractivity contribution in [2.75, 3.05) is 17.7 Å². The van der Waals surface area contributed by atoms with Crippen LogP contribution in [0.4, 0.5) is 5.95 Å². The van der Waals surface area contributed by atoms with Gasteiger partial charge in [-0.15, -0.1) is 16.9 Å². The number of H-pyrrole nitrogens is 1. The van der Waals surface area contributed by atoms with E-state index in [0.29, 0.717) is 18.3 Å². The molecule has 0 fully saturated rings. The first kappa shape index (κ1) is 13.8. The number of nitrogens with zero attached hydrogens (tertiary/aromatic N) is 2. The Labute approximate surface area is 105 Å². The van der Waals surface area contributed by atoms with Crippen molar-refractivity contribution in [1.29, 1.82) is 0 Å². The lowest BCUT2D eigenvalue weighted by Crippen LogP contribution is -2.19. The van der Waals surface area contributed by atoms with Gasteiger partial charge in [-0.1, -0.05) is 20.8 Å². The quantitative estimate of drug-likeness (QED) is 0.840. The predicted molar refractivity (Wildman–Crippen MR) is 68.4 cm³/mol. The van der Waals surface area contributed by atoms with Crippen molar-refractivity contribution in [3.63, 3.8) is 0 Å². The number of hydrogen-bond acceptors (Lipinski definition) is 5. The number of carbonyl (C=O) groups excluding carboxylic acids is 1. The highest BCUT2D eigenvalue weighted by Gasteiger charge is 2.14. The van der Waals surface area contributed by atoms with Crippen molar-refractivity contribution >= 4 is 23.6 Å². The highest BCUT2D eigenvalue weighted by atomic mass is 32.2. The van der Waals surface area contributed by atoms with E-state index >= 15 is 0 Å². The van der Waals surface area contributed by atoms with Gasteiger partial charge < -0.3 is 4.74 Å². The van der Waals surface area contributed by atoms with Crippen molar-refractivity contribution in [3.8, 4) is 6.01 Å². The third-order valence-electron chi connectivity index (χ3n) is 1.63. The molecule has 1 aromatic heterocycles. The SMILES string of the molecule is CCOc1n[nH]c(NC(=O)CSC(C)(C)C)n1. The maximum absolute atomic E-state index is 11.6. The normalized spacial score (nSPS) is 11.3. The summed E-state index contributed by atoms with van der Waals surface area (Å²) in [5, 5.41) is 9.00. The summed E-state index contributed by atoms with van der Waals surface area (Å²) < 4.78 is 5.14. The third-order valence-corrected chi connectivity index (χ3v) is 2.90. The van der Waals surface area contributed by atoms with E-state index in [0.717, 1.165) is 0 Å². The van der Waals surface area contributed by atoms with E-state index in [4.69, 9.17) is 4.74 Å². The molecule has 17 heavy (non-hydrogen) atoms. The molecule has 7 heteroatoms. The largest absolute Gasteiger partial charge is 0.463 e. The Morgan fingerprint density at radius 2 is 2.24 bits per heavy atom. The smallest absolute Gasteiger partial charge is 0.337 e. The van der Waals surface area contributed by atoms with Crippen LogP contribution < -0.4 is 10.1 Å². The van der Waals surface area contributed by atoms with Crippen LogP contribution in [-0.2, 0) is 4.79 Å². The summed E-state index contributed by atoms with van der Waals surface area (Å²) in [7, 11) is 0. The lowest BCUT2D eigenvalue weighted by molar-refractivity contribution is -0.113. The second kappa shape index (κ2) is 5.90. The van der Waals surface area contributed by atoms with Crippen molar-refractivity contribution < 1.29 is 9.53 Å². The van der Waals surface area contributed by atoms with Crippen LogP contribution in [0.2, 0.25) is 0 Å². The molecule has 0 saturated carbocycles. The van der Waals surface area contributed by atoms with Gasteiger partial charge in [-0.2, -0.15) is 4.98 Å². The summed E-state index contributed by atoms with van der Waals surface area (Å²) in [4.78, 5) is 15.5. The molecule has 0 aliphatic rings. The Balaban J connectivity index is 2.39. The fraction of sp³-hybridized carbons (Fsp3) is 0.700. The summed E-state index contributed by atoms with van der Waals surface area (Å²) >= 11 is 1.57. The Kier molecular flexibility index (Phi) is 4.80. The molecule has 1 amide bonds. The van der Waals surface area contributed by atoms with Gasteiger partial charge in [0, 0.05) is 4.75 Å². The molecular weight excluding hydrogens is 240 g/mol. The molecule has 1 heterocycles. The molecule has 0 radical (unpaired) electrons. The molecule has 0 bridgehead atoms. The average molecular weight is 258 g/mol. The number of carbonyl (C=O) groups is 1. The Morgan fingerprint density at radius 3 is 2.82 bits per heavy atom. The number of aromatic nitrogens is 3. The molecular formula is C10H18N4O2S. The summed E-state index contributed by atoms with van der Waals surface area (Å²) in [5.41, 5.74) is 0. The van der Waals surface area contributed by atoms with Gasteiger partial charge in [-0.25, -0.2) is 5.10 Å². The first-order chi connectivity index (χ1) is 7.90. The highest BCUT2D eigenvalue weighted by Crippen LogP contribution is 2.22. The molecule has 1 aromatic rings. The minimum atomic E-state index is -0.107. The second-order valence-electron chi connectivity index (χ2n) is 4.35. The summed E-state index contributed by atoms with van der Waals surface area (Å²) in [6.07, 6.45) is 0. The van der Waals surface area contributed by atoms with Crippen LogP contribution in [0.1, 0.15) is 27.7 Å². The zero-order valence-electron chi connectivity index (χ0n) is 10.5. The van der Waals surface area contributed by atoms with Gasteiger partial charge >= 0.3 is 6.01 Å². The fourth-order valence-electron chi connectivity index (χ4n) is 0.946. The lowest BCUT2D eigenvalue weighted by atomic mass is 10.3. The number of aromatic amines is 1. The number of amides is 1. The van der Waals surface area contributed by atoms with Crippen molar-refractivity contribution in [3.05, 3.63) is 0 Å². The number of nitrogens with one attached hydrogen (secondary N) is 2. The van der Waals surface area contributed by atoms with Gasteiger partial charge in [0.2, 0.25) is 11.9 Å². The average Bonchev–Trinajstić information content (AvgIpc) is 2.62. The van der Waals surface area contributed by atoms with E-state index in [2.05, 4.69) is 41.3 Å². The first-order valence-corrected chi connectivity index (χ1v) is 6.38. The molecule has 0 aliphatic carbocycles. The number of ether oxygens (including phenoxy) is 1. The summed E-state index contributed by atoms with van der Waals surface area (Å²) in [6, 6.07) is 0.242. The lowest BCUT2D eigenvalue weighted by Gasteiger charge is -2.16. The molecule has 1 rings (SSSR count). The molecule has 96 valence electrons. The molecule has 0 spiro atoms. The number of hydrogen-bond donors (Lipinski definition) is 2. The van der Waals surface area contributed by atoms with E-state index in [-0.39, 0.29) is 16.7 Å². The van der Waals surface area contributed by atoms with Crippen molar-refractivity contribution in [2.24, 2.45) is 0 Å². The third kappa shape index (κ3) is 5.58. The molecule has 0 saturated heterocycles. The van der Waals surface area contributed by atoms with Crippen LogP contribution in [0.25, 0.3) is 0 Å². The van der Waals surface area contributed by atoms with Gasteiger partial charge in [0.15, 0.2) is 0 Å².